The van der Waals surface area contributed by atoms with E-state index >= 15 is 0 Å². The number of nitrogens with one attached hydrogen (secondary N) is 1. The van der Waals surface area contributed by atoms with Crippen molar-refractivity contribution in [3.8, 4) is 0 Å². The number of aliphatic carboxylic acids is 1. The van der Waals surface area contributed by atoms with Crippen molar-refractivity contribution in [2.75, 3.05) is 6.54 Å². The van der Waals surface area contributed by atoms with E-state index in [1.165, 1.54) is 0 Å². The van der Waals surface area contributed by atoms with Gasteiger partial charge in [-0.1, -0.05) is 13.8 Å². The molecular formula is C13H24N2O3. The van der Waals surface area contributed by atoms with Gasteiger partial charge in [-0.3, -0.25) is 4.79 Å². The summed E-state index contributed by atoms with van der Waals surface area (Å²) in [5.74, 6) is -0.676. The number of urea groups is 1. The highest BCUT2D eigenvalue weighted by atomic mass is 16.4. The Kier molecular flexibility index (Phi) is 4.99. The highest BCUT2D eigenvalue weighted by Crippen LogP contribution is 2.23. The molecule has 0 radical (unpaired) electrons. The average molecular weight is 256 g/mol. The first-order valence-electron chi connectivity index (χ1n) is 6.62. The lowest BCUT2D eigenvalue weighted by Crippen LogP contribution is -2.52. The van der Waals surface area contributed by atoms with Gasteiger partial charge in [0.1, 0.15) is 0 Å². The molecule has 0 bridgehead atoms. The first-order valence-corrected chi connectivity index (χ1v) is 6.62. The molecule has 0 aliphatic carbocycles. The molecule has 2 amide bonds. The number of carbonyl (C=O) groups excluding carboxylic acids is 1. The van der Waals surface area contributed by atoms with E-state index in [-0.39, 0.29) is 24.0 Å². The zero-order valence-corrected chi connectivity index (χ0v) is 11.6. The van der Waals surface area contributed by atoms with E-state index in [0.717, 1.165) is 0 Å². The van der Waals surface area contributed by atoms with E-state index in [9.17, 15) is 9.59 Å². The molecule has 0 aromatic heterocycles. The molecule has 0 aromatic rings. The normalized spacial score (nSPS) is 25.9. The number of carboxylic acid groups (broad SMARTS) is 1. The van der Waals surface area contributed by atoms with Crippen LogP contribution in [-0.2, 0) is 4.79 Å². The number of hydrogen-bond donors (Lipinski definition) is 2. The van der Waals surface area contributed by atoms with Crippen LogP contribution >= 0.6 is 0 Å². The monoisotopic (exact) mass is 256 g/mol. The SMILES string of the molecule is CC(C)C(C)NC(=O)N1CCC(C(=O)O)CC1C. The Labute approximate surface area is 109 Å². The summed E-state index contributed by atoms with van der Waals surface area (Å²) in [6.45, 7) is 8.54. The van der Waals surface area contributed by atoms with Crippen LogP contribution < -0.4 is 5.32 Å². The van der Waals surface area contributed by atoms with Crippen molar-refractivity contribution in [2.24, 2.45) is 11.8 Å². The summed E-state index contributed by atoms with van der Waals surface area (Å²) in [5, 5.41) is 11.9. The largest absolute Gasteiger partial charge is 0.481 e. The summed E-state index contributed by atoms with van der Waals surface area (Å²) in [4.78, 5) is 24.7. The van der Waals surface area contributed by atoms with Crippen LogP contribution in [0.2, 0.25) is 0 Å². The third-order valence-electron chi connectivity index (χ3n) is 3.84. The minimum atomic E-state index is -0.752. The number of likely N-dealkylation sites (tertiary alicyclic amines) is 1. The molecule has 1 aliphatic heterocycles. The van der Waals surface area contributed by atoms with E-state index in [2.05, 4.69) is 19.2 Å². The van der Waals surface area contributed by atoms with Gasteiger partial charge in [-0.25, -0.2) is 4.79 Å². The Hall–Kier alpha value is -1.26. The van der Waals surface area contributed by atoms with Crippen molar-refractivity contribution in [2.45, 2.75) is 52.6 Å². The van der Waals surface area contributed by atoms with Gasteiger partial charge in [0.05, 0.1) is 5.92 Å². The zero-order chi connectivity index (χ0) is 13.9. The van der Waals surface area contributed by atoms with Gasteiger partial charge in [-0.05, 0) is 32.6 Å². The molecule has 104 valence electrons. The fourth-order valence-electron chi connectivity index (χ4n) is 2.14. The van der Waals surface area contributed by atoms with Gasteiger partial charge in [0.15, 0.2) is 0 Å². The minimum absolute atomic E-state index is 0.0146. The molecule has 1 fully saturated rings. The maximum atomic E-state index is 12.1. The Balaban J connectivity index is 2.53. The predicted molar refractivity (Wildman–Crippen MR) is 69.4 cm³/mol. The zero-order valence-electron chi connectivity index (χ0n) is 11.6. The molecule has 5 nitrogen and oxygen atoms in total. The minimum Gasteiger partial charge on any atom is -0.481 e. The molecule has 5 heteroatoms. The number of carbonyl (C=O) groups is 2. The van der Waals surface area contributed by atoms with Crippen molar-refractivity contribution < 1.29 is 14.7 Å². The van der Waals surface area contributed by atoms with E-state index in [1.54, 1.807) is 4.90 Å². The maximum Gasteiger partial charge on any atom is 0.317 e. The summed E-state index contributed by atoms with van der Waals surface area (Å²) in [6, 6.07) is 0.0358. The van der Waals surface area contributed by atoms with Crippen molar-refractivity contribution in [1.29, 1.82) is 0 Å². The molecule has 3 atom stereocenters. The summed E-state index contributed by atoms with van der Waals surface area (Å²) >= 11 is 0. The first kappa shape index (κ1) is 14.8. The van der Waals surface area contributed by atoms with E-state index in [4.69, 9.17) is 5.11 Å². The van der Waals surface area contributed by atoms with Gasteiger partial charge >= 0.3 is 12.0 Å². The molecule has 2 N–H and O–H groups in total. The van der Waals surface area contributed by atoms with Crippen LogP contribution in [0.1, 0.15) is 40.5 Å². The number of rotatable bonds is 3. The van der Waals surface area contributed by atoms with Gasteiger partial charge in [-0.2, -0.15) is 0 Å². The molecule has 1 saturated heterocycles. The number of piperidine rings is 1. The van der Waals surface area contributed by atoms with Gasteiger partial charge in [0.25, 0.3) is 0 Å². The van der Waals surface area contributed by atoms with Crippen LogP contribution in [0.15, 0.2) is 0 Å². The molecular weight excluding hydrogens is 232 g/mol. The second-order valence-corrected chi connectivity index (χ2v) is 5.58. The Morgan fingerprint density at radius 3 is 2.39 bits per heavy atom. The molecule has 1 heterocycles. The molecule has 0 spiro atoms. The van der Waals surface area contributed by atoms with Crippen LogP contribution in [0.5, 0.6) is 0 Å². The van der Waals surface area contributed by atoms with Crippen LogP contribution in [0, 0.1) is 11.8 Å². The molecule has 1 rings (SSSR count). The fourth-order valence-corrected chi connectivity index (χ4v) is 2.14. The van der Waals surface area contributed by atoms with Crippen molar-refractivity contribution in [1.82, 2.24) is 10.2 Å². The smallest absolute Gasteiger partial charge is 0.317 e. The summed E-state index contributed by atoms with van der Waals surface area (Å²) in [7, 11) is 0. The first-order chi connectivity index (χ1) is 8.32. The van der Waals surface area contributed by atoms with Crippen LogP contribution in [0.3, 0.4) is 0 Å². The topological polar surface area (TPSA) is 69.6 Å². The number of hydrogen-bond acceptors (Lipinski definition) is 2. The summed E-state index contributed by atoms with van der Waals surface area (Å²) < 4.78 is 0. The molecule has 3 unspecified atom stereocenters. The van der Waals surface area contributed by atoms with Crippen LogP contribution in [0.4, 0.5) is 4.79 Å². The van der Waals surface area contributed by atoms with E-state index < -0.39 is 5.97 Å². The van der Waals surface area contributed by atoms with Gasteiger partial charge < -0.3 is 15.3 Å². The molecule has 18 heavy (non-hydrogen) atoms. The maximum absolute atomic E-state index is 12.1. The van der Waals surface area contributed by atoms with Crippen molar-refractivity contribution in [3.05, 3.63) is 0 Å². The van der Waals surface area contributed by atoms with Crippen molar-refractivity contribution >= 4 is 12.0 Å². The van der Waals surface area contributed by atoms with E-state index in [0.29, 0.717) is 25.3 Å². The Morgan fingerprint density at radius 1 is 1.33 bits per heavy atom. The lowest BCUT2D eigenvalue weighted by Gasteiger charge is -2.37. The van der Waals surface area contributed by atoms with Crippen molar-refractivity contribution in [3.63, 3.8) is 0 Å². The van der Waals surface area contributed by atoms with Gasteiger partial charge in [0.2, 0.25) is 0 Å². The third kappa shape index (κ3) is 3.62. The quantitative estimate of drug-likeness (QED) is 0.810. The van der Waals surface area contributed by atoms with E-state index in [1.807, 2.05) is 13.8 Å². The summed E-state index contributed by atoms with van der Waals surface area (Å²) in [6.07, 6.45) is 1.09. The van der Waals surface area contributed by atoms with Gasteiger partial charge in [0, 0.05) is 18.6 Å². The third-order valence-corrected chi connectivity index (χ3v) is 3.84. The molecule has 1 aliphatic rings. The van der Waals surface area contributed by atoms with Crippen LogP contribution in [-0.4, -0.2) is 40.6 Å². The highest BCUT2D eigenvalue weighted by Gasteiger charge is 2.32. The molecule has 0 aromatic carbocycles. The predicted octanol–water partition coefficient (Wildman–Crippen LogP) is 1.93. The van der Waals surface area contributed by atoms with Crippen LogP contribution in [0.25, 0.3) is 0 Å². The highest BCUT2D eigenvalue weighted by molar-refractivity contribution is 5.76. The Bertz CT molecular complexity index is 317. The lowest BCUT2D eigenvalue weighted by atomic mass is 9.92. The Morgan fingerprint density at radius 2 is 1.94 bits per heavy atom. The second-order valence-electron chi connectivity index (χ2n) is 5.58. The number of carboxylic acids is 1. The lowest BCUT2D eigenvalue weighted by molar-refractivity contribution is -0.143. The summed E-state index contributed by atoms with van der Waals surface area (Å²) in [5.41, 5.74) is 0. The number of nitrogens with zero attached hydrogens (tertiary/aromatic N) is 1. The standard InChI is InChI=1S/C13H24N2O3/c1-8(2)10(4)14-13(18)15-6-5-11(12(16)17)7-9(15)3/h8-11H,5-7H2,1-4H3,(H,14,18)(H,16,17). The second kappa shape index (κ2) is 6.07. The molecule has 0 saturated carbocycles. The number of amides is 2. The van der Waals surface area contributed by atoms with Gasteiger partial charge in [-0.15, -0.1) is 0 Å². The fraction of sp³-hybridized carbons (Fsp3) is 0.846. The average Bonchev–Trinajstić information content (AvgIpc) is 2.28.